The number of carbonyl (C=O) groups excluding carboxylic acids is 2. The summed E-state index contributed by atoms with van der Waals surface area (Å²) in [5, 5.41) is 8.26. The molecular weight excluding hydrogens is 170 g/mol. The fraction of sp³-hybridized carbons (Fsp3) is 0.750. The largest absolute Gasteiger partial charge is 0.359 e. The standard InChI is InChI=1S/C8H15N3O2/c1-8(5-6(12)9-2)7(13)10-3-4-11-8/h11H,3-5H2,1-2H3,(H,9,12)(H,10,13). The highest BCUT2D eigenvalue weighted by molar-refractivity contribution is 5.92. The third-order valence-corrected chi connectivity index (χ3v) is 2.22. The van der Waals surface area contributed by atoms with Crippen molar-refractivity contribution in [2.45, 2.75) is 18.9 Å². The number of piperazine rings is 1. The molecule has 0 aliphatic carbocycles. The van der Waals surface area contributed by atoms with E-state index in [2.05, 4.69) is 16.0 Å². The molecule has 1 atom stereocenters. The quantitative estimate of drug-likeness (QED) is 0.495. The highest BCUT2D eigenvalue weighted by Gasteiger charge is 2.36. The Morgan fingerprint density at radius 1 is 1.62 bits per heavy atom. The van der Waals surface area contributed by atoms with Gasteiger partial charge in [0, 0.05) is 20.1 Å². The molecule has 1 fully saturated rings. The molecule has 0 spiro atoms. The van der Waals surface area contributed by atoms with Crippen molar-refractivity contribution in [2.75, 3.05) is 20.1 Å². The van der Waals surface area contributed by atoms with Crippen molar-refractivity contribution in [3.05, 3.63) is 0 Å². The van der Waals surface area contributed by atoms with Gasteiger partial charge >= 0.3 is 0 Å². The van der Waals surface area contributed by atoms with Crippen LogP contribution in [0, 0.1) is 0 Å². The van der Waals surface area contributed by atoms with E-state index in [1.54, 1.807) is 14.0 Å². The predicted molar refractivity (Wildman–Crippen MR) is 48.1 cm³/mol. The average molecular weight is 185 g/mol. The molecule has 0 aromatic carbocycles. The van der Waals surface area contributed by atoms with E-state index >= 15 is 0 Å². The summed E-state index contributed by atoms with van der Waals surface area (Å²) < 4.78 is 0. The van der Waals surface area contributed by atoms with E-state index in [1.807, 2.05) is 0 Å². The lowest BCUT2D eigenvalue weighted by Crippen LogP contribution is -2.62. The summed E-state index contributed by atoms with van der Waals surface area (Å²) in [7, 11) is 1.56. The van der Waals surface area contributed by atoms with Crippen molar-refractivity contribution in [3.8, 4) is 0 Å². The second kappa shape index (κ2) is 3.74. The summed E-state index contributed by atoms with van der Waals surface area (Å²) >= 11 is 0. The minimum Gasteiger partial charge on any atom is -0.359 e. The van der Waals surface area contributed by atoms with Crippen molar-refractivity contribution >= 4 is 11.8 Å². The maximum absolute atomic E-state index is 11.4. The summed E-state index contributed by atoms with van der Waals surface area (Å²) in [6.45, 7) is 3.07. The molecule has 0 aromatic rings. The van der Waals surface area contributed by atoms with Crippen LogP contribution in [0.25, 0.3) is 0 Å². The van der Waals surface area contributed by atoms with E-state index in [9.17, 15) is 9.59 Å². The zero-order chi connectivity index (χ0) is 9.90. The first kappa shape index (κ1) is 9.98. The Hall–Kier alpha value is -1.10. The molecule has 5 nitrogen and oxygen atoms in total. The van der Waals surface area contributed by atoms with Gasteiger partial charge in [-0.25, -0.2) is 0 Å². The normalized spacial score (nSPS) is 28.0. The molecule has 0 radical (unpaired) electrons. The smallest absolute Gasteiger partial charge is 0.240 e. The number of hydrogen-bond donors (Lipinski definition) is 3. The summed E-state index contributed by atoms with van der Waals surface area (Å²) in [6.07, 6.45) is 0.176. The molecule has 2 amide bonds. The van der Waals surface area contributed by atoms with Crippen LogP contribution in [0.4, 0.5) is 0 Å². The summed E-state index contributed by atoms with van der Waals surface area (Å²) in [5.41, 5.74) is -0.752. The van der Waals surface area contributed by atoms with Crippen LogP contribution in [0.3, 0.4) is 0 Å². The topological polar surface area (TPSA) is 70.2 Å². The van der Waals surface area contributed by atoms with Gasteiger partial charge < -0.3 is 16.0 Å². The molecule has 74 valence electrons. The van der Waals surface area contributed by atoms with Crippen LogP contribution in [-0.2, 0) is 9.59 Å². The summed E-state index contributed by atoms with van der Waals surface area (Å²) in [6, 6.07) is 0. The monoisotopic (exact) mass is 185 g/mol. The van der Waals surface area contributed by atoms with Gasteiger partial charge in [0.25, 0.3) is 0 Å². The van der Waals surface area contributed by atoms with E-state index < -0.39 is 5.54 Å². The van der Waals surface area contributed by atoms with Crippen molar-refractivity contribution in [1.82, 2.24) is 16.0 Å². The maximum Gasteiger partial charge on any atom is 0.240 e. The first-order valence-electron chi connectivity index (χ1n) is 4.32. The number of carbonyl (C=O) groups is 2. The molecule has 0 saturated carbocycles. The molecule has 1 unspecified atom stereocenters. The minimum atomic E-state index is -0.752. The summed E-state index contributed by atoms with van der Waals surface area (Å²) in [5.74, 6) is -0.241. The Labute approximate surface area is 77.3 Å². The molecule has 1 aliphatic rings. The predicted octanol–water partition coefficient (Wildman–Crippen LogP) is -1.40. The van der Waals surface area contributed by atoms with Crippen LogP contribution in [-0.4, -0.2) is 37.5 Å². The van der Waals surface area contributed by atoms with E-state index in [4.69, 9.17) is 0 Å². The van der Waals surface area contributed by atoms with Crippen LogP contribution in [0.5, 0.6) is 0 Å². The number of hydrogen-bond acceptors (Lipinski definition) is 3. The maximum atomic E-state index is 11.4. The van der Waals surface area contributed by atoms with Crippen LogP contribution >= 0.6 is 0 Å². The van der Waals surface area contributed by atoms with Crippen LogP contribution < -0.4 is 16.0 Å². The second-order valence-corrected chi connectivity index (χ2v) is 3.36. The van der Waals surface area contributed by atoms with Gasteiger partial charge in [0.1, 0.15) is 5.54 Å². The molecule has 3 N–H and O–H groups in total. The van der Waals surface area contributed by atoms with E-state index in [-0.39, 0.29) is 18.2 Å². The fourth-order valence-corrected chi connectivity index (χ4v) is 1.34. The molecule has 0 bridgehead atoms. The minimum absolute atomic E-state index is 0.109. The highest BCUT2D eigenvalue weighted by Crippen LogP contribution is 2.11. The second-order valence-electron chi connectivity index (χ2n) is 3.36. The van der Waals surface area contributed by atoms with Gasteiger partial charge in [-0.1, -0.05) is 0 Å². The molecule has 1 saturated heterocycles. The molecular formula is C8H15N3O2. The van der Waals surface area contributed by atoms with Crippen LogP contribution in [0.1, 0.15) is 13.3 Å². The van der Waals surface area contributed by atoms with Gasteiger partial charge in [0.15, 0.2) is 0 Å². The van der Waals surface area contributed by atoms with E-state index in [1.165, 1.54) is 0 Å². The Morgan fingerprint density at radius 3 is 2.85 bits per heavy atom. The number of rotatable bonds is 2. The number of nitrogens with one attached hydrogen (secondary N) is 3. The van der Waals surface area contributed by atoms with Crippen LogP contribution in [0.15, 0.2) is 0 Å². The third kappa shape index (κ3) is 2.18. The molecule has 5 heteroatoms. The fourth-order valence-electron chi connectivity index (χ4n) is 1.34. The van der Waals surface area contributed by atoms with Gasteiger partial charge in [-0.05, 0) is 6.92 Å². The zero-order valence-corrected chi connectivity index (χ0v) is 7.94. The Balaban J connectivity index is 2.62. The molecule has 13 heavy (non-hydrogen) atoms. The number of amides is 2. The van der Waals surface area contributed by atoms with Gasteiger partial charge in [-0.2, -0.15) is 0 Å². The highest BCUT2D eigenvalue weighted by atomic mass is 16.2. The van der Waals surface area contributed by atoms with Gasteiger partial charge in [-0.3, -0.25) is 9.59 Å². The lowest BCUT2D eigenvalue weighted by molar-refractivity contribution is -0.133. The van der Waals surface area contributed by atoms with Crippen molar-refractivity contribution in [1.29, 1.82) is 0 Å². The average Bonchev–Trinajstić information content (AvgIpc) is 2.10. The Morgan fingerprint density at radius 2 is 2.31 bits per heavy atom. The molecule has 0 aromatic heterocycles. The van der Waals surface area contributed by atoms with Crippen molar-refractivity contribution < 1.29 is 9.59 Å². The Kier molecular flexibility index (Phi) is 2.87. The Bertz CT molecular complexity index is 229. The van der Waals surface area contributed by atoms with Crippen molar-refractivity contribution in [2.24, 2.45) is 0 Å². The first-order chi connectivity index (χ1) is 6.08. The van der Waals surface area contributed by atoms with Gasteiger partial charge in [-0.15, -0.1) is 0 Å². The lowest BCUT2D eigenvalue weighted by atomic mass is 9.94. The molecule has 1 aliphatic heterocycles. The summed E-state index contributed by atoms with van der Waals surface area (Å²) in [4.78, 5) is 22.5. The third-order valence-electron chi connectivity index (χ3n) is 2.22. The van der Waals surface area contributed by atoms with Crippen LogP contribution in [0.2, 0.25) is 0 Å². The SMILES string of the molecule is CNC(=O)CC1(C)NCCNC1=O. The van der Waals surface area contributed by atoms with E-state index in [0.717, 1.165) is 0 Å². The van der Waals surface area contributed by atoms with Gasteiger partial charge in [0.2, 0.25) is 11.8 Å². The lowest BCUT2D eigenvalue weighted by Gasteiger charge is -2.33. The van der Waals surface area contributed by atoms with E-state index in [0.29, 0.717) is 13.1 Å². The first-order valence-corrected chi connectivity index (χ1v) is 4.32. The van der Waals surface area contributed by atoms with Gasteiger partial charge in [0.05, 0.1) is 6.42 Å². The molecule has 1 heterocycles. The molecule has 1 rings (SSSR count). The van der Waals surface area contributed by atoms with Crippen molar-refractivity contribution in [3.63, 3.8) is 0 Å². The zero-order valence-electron chi connectivity index (χ0n) is 7.94.